The summed E-state index contributed by atoms with van der Waals surface area (Å²) in [4.78, 5) is 16.6. The average molecular weight is 274 g/mol. The lowest BCUT2D eigenvalue weighted by Gasteiger charge is -2.12. The van der Waals surface area contributed by atoms with E-state index < -0.39 is 0 Å². The van der Waals surface area contributed by atoms with E-state index in [1.165, 1.54) is 16.9 Å². The minimum Gasteiger partial charge on any atom is -0.304 e. The first-order valence-electron chi connectivity index (χ1n) is 6.33. The van der Waals surface area contributed by atoms with Gasteiger partial charge < -0.3 is 5.32 Å². The molecule has 1 N–H and O–H groups in total. The number of nitrogens with one attached hydrogen (secondary N) is 1. The molecule has 0 aliphatic rings. The number of hydrogen-bond donors (Lipinski definition) is 1. The number of nitrogens with zero attached hydrogens (tertiary/aromatic N) is 1. The Morgan fingerprint density at radius 3 is 2.63 bits per heavy atom. The van der Waals surface area contributed by atoms with Gasteiger partial charge in [-0.15, -0.1) is 11.3 Å². The standard InChI is InChI=1S/C15H18N2OS/c1-10(13-7-5-4-6-8-13)16-9-14-17-11(2)15(19-14)12(3)18/h4-8,10,16H,9H2,1-3H3. The lowest BCUT2D eigenvalue weighted by atomic mass is 10.1. The van der Waals surface area contributed by atoms with Crippen molar-refractivity contribution in [2.75, 3.05) is 0 Å². The van der Waals surface area contributed by atoms with E-state index in [2.05, 4.69) is 29.4 Å². The summed E-state index contributed by atoms with van der Waals surface area (Å²) in [5, 5.41) is 4.39. The molecule has 0 radical (unpaired) electrons. The second-order valence-electron chi connectivity index (χ2n) is 4.59. The number of benzene rings is 1. The second-order valence-corrected chi connectivity index (χ2v) is 5.68. The zero-order valence-electron chi connectivity index (χ0n) is 11.4. The highest BCUT2D eigenvalue weighted by atomic mass is 32.1. The van der Waals surface area contributed by atoms with Gasteiger partial charge in [-0.05, 0) is 19.4 Å². The van der Waals surface area contributed by atoms with Gasteiger partial charge in [-0.1, -0.05) is 30.3 Å². The Balaban J connectivity index is 1.99. The molecular formula is C15H18N2OS. The fraction of sp³-hybridized carbons (Fsp3) is 0.333. The van der Waals surface area contributed by atoms with Crippen molar-refractivity contribution in [3.63, 3.8) is 0 Å². The first-order chi connectivity index (χ1) is 9.08. The predicted octanol–water partition coefficient (Wildman–Crippen LogP) is 3.50. The molecule has 4 heteroatoms. The molecule has 1 aromatic heterocycles. The van der Waals surface area contributed by atoms with Crippen LogP contribution in [0, 0.1) is 6.92 Å². The molecule has 0 aliphatic carbocycles. The first kappa shape index (κ1) is 13.9. The van der Waals surface area contributed by atoms with Gasteiger partial charge >= 0.3 is 0 Å². The molecule has 1 unspecified atom stereocenters. The Morgan fingerprint density at radius 2 is 2.05 bits per heavy atom. The Labute approximate surface area is 117 Å². The molecule has 3 nitrogen and oxygen atoms in total. The molecule has 0 amide bonds. The molecule has 1 atom stereocenters. The quantitative estimate of drug-likeness (QED) is 0.848. The normalized spacial score (nSPS) is 12.4. The van der Waals surface area contributed by atoms with Crippen LogP contribution in [-0.4, -0.2) is 10.8 Å². The largest absolute Gasteiger partial charge is 0.304 e. The summed E-state index contributed by atoms with van der Waals surface area (Å²) in [6.45, 7) is 6.29. The van der Waals surface area contributed by atoms with E-state index in [1.807, 2.05) is 25.1 Å². The summed E-state index contributed by atoms with van der Waals surface area (Å²) >= 11 is 1.48. The zero-order chi connectivity index (χ0) is 13.8. The van der Waals surface area contributed by atoms with Crippen molar-refractivity contribution in [1.82, 2.24) is 10.3 Å². The fourth-order valence-corrected chi connectivity index (χ4v) is 2.87. The summed E-state index contributed by atoms with van der Waals surface area (Å²) < 4.78 is 0. The van der Waals surface area contributed by atoms with Crippen molar-refractivity contribution >= 4 is 17.1 Å². The van der Waals surface area contributed by atoms with Gasteiger partial charge in [0.1, 0.15) is 5.01 Å². The van der Waals surface area contributed by atoms with Crippen LogP contribution in [0.15, 0.2) is 30.3 Å². The summed E-state index contributed by atoms with van der Waals surface area (Å²) in [6, 6.07) is 10.6. The van der Waals surface area contributed by atoms with Crippen LogP contribution in [-0.2, 0) is 6.54 Å². The number of ketones is 1. The molecule has 0 aliphatic heterocycles. The maximum absolute atomic E-state index is 11.4. The van der Waals surface area contributed by atoms with Crippen LogP contribution in [0.5, 0.6) is 0 Å². The van der Waals surface area contributed by atoms with Gasteiger partial charge in [-0.25, -0.2) is 4.98 Å². The van der Waals surface area contributed by atoms with Crippen molar-refractivity contribution < 1.29 is 4.79 Å². The predicted molar refractivity (Wildman–Crippen MR) is 78.6 cm³/mol. The zero-order valence-corrected chi connectivity index (χ0v) is 12.3. The van der Waals surface area contributed by atoms with Crippen LogP contribution in [0.3, 0.4) is 0 Å². The smallest absolute Gasteiger partial charge is 0.171 e. The number of aryl methyl sites for hydroxylation is 1. The average Bonchev–Trinajstić information content (AvgIpc) is 2.78. The lowest BCUT2D eigenvalue weighted by Crippen LogP contribution is -2.17. The third-order valence-corrected chi connectivity index (χ3v) is 4.28. The van der Waals surface area contributed by atoms with E-state index in [9.17, 15) is 4.79 Å². The van der Waals surface area contributed by atoms with Crippen molar-refractivity contribution in [2.45, 2.75) is 33.4 Å². The fourth-order valence-electron chi connectivity index (χ4n) is 1.95. The number of carbonyl (C=O) groups is 1. The van der Waals surface area contributed by atoms with Gasteiger partial charge in [-0.3, -0.25) is 4.79 Å². The van der Waals surface area contributed by atoms with Crippen molar-refractivity contribution in [3.05, 3.63) is 51.5 Å². The van der Waals surface area contributed by atoms with Crippen LogP contribution < -0.4 is 5.32 Å². The van der Waals surface area contributed by atoms with E-state index in [-0.39, 0.29) is 11.8 Å². The Kier molecular flexibility index (Phi) is 4.45. The molecule has 2 aromatic rings. The number of Topliss-reactive ketones (excluding diaryl/α,β-unsaturated/α-hetero) is 1. The first-order valence-corrected chi connectivity index (χ1v) is 7.15. The minimum atomic E-state index is 0.0948. The molecular weight excluding hydrogens is 256 g/mol. The summed E-state index contributed by atoms with van der Waals surface area (Å²) in [6.07, 6.45) is 0. The molecule has 0 saturated heterocycles. The van der Waals surface area contributed by atoms with Crippen LogP contribution >= 0.6 is 11.3 Å². The van der Waals surface area contributed by atoms with E-state index in [0.29, 0.717) is 6.54 Å². The number of hydrogen-bond acceptors (Lipinski definition) is 4. The summed E-state index contributed by atoms with van der Waals surface area (Å²) in [7, 11) is 0. The van der Waals surface area contributed by atoms with Gasteiger partial charge in [0.2, 0.25) is 0 Å². The maximum atomic E-state index is 11.4. The molecule has 0 bridgehead atoms. The van der Waals surface area contributed by atoms with Gasteiger partial charge in [0.15, 0.2) is 5.78 Å². The SMILES string of the molecule is CC(=O)c1sc(CNC(C)c2ccccc2)nc1C. The van der Waals surface area contributed by atoms with Crippen LogP contribution in [0.25, 0.3) is 0 Å². The van der Waals surface area contributed by atoms with Crippen molar-refractivity contribution in [2.24, 2.45) is 0 Å². The highest BCUT2D eigenvalue weighted by Gasteiger charge is 2.12. The molecule has 100 valence electrons. The lowest BCUT2D eigenvalue weighted by molar-refractivity contribution is 0.102. The van der Waals surface area contributed by atoms with Crippen LogP contribution in [0.4, 0.5) is 0 Å². The molecule has 0 fully saturated rings. The Morgan fingerprint density at radius 1 is 1.37 bits per heavy atom. The number of rotatable bonds is 5. The highest BCUT2D eigenvalue weighted by molar-refractivity contribution is 7.13. The topological polar surface area (TPSA) is 42.0 Å². The second kappa shape index (κ2) is 6.08. The molecule has 1 heterocycles. The monoisotopic (exact) mass is 274 g/mol. The number of carbonyl (C=O) groups excluding carboxylic acids is 1. The Hall–Kier alpha value is -1.52. The van der Waals surface area contributed by atoms with Crippen molar-refractivity contribution in [1.29, 1.82) is 0 Å². The van der Waals surface area contributed by atoms with Gasteiger partial charge in [-0.2, -0.15) is 0 Å². The highest BCUT2D eigenvalue weighted by Crippen LogP contribution is 2.19. The summed E-state index contributed by atoms with van der Waals surface area (Å²) in [5.74, 6) is 0.0948. The number of thiazole rings is 1. The van der Waals surface area contributed by atoms with E-state index >= 15 is 0 Å². The van der Waals surface area contributed by atoms with E-state index in [1.54, 1.807) is 6.92 Å². The van der Waals surface area contributed by atoms with Gasteiger partial charge in [0.05, 0.1) is 10.6 Å². The van der Waals surface area contributed by atoms with Crippen molar-refractivity contribution in [3.8, 4) is 0 Å². The van der Waals surface area contributed by atoms with Crippen LogP contribution in [0.1, 0.15) is 45.8 Å². The molecule has 1 aromatic carbocycles. The third kappa shape index (κ3) is 3.49. The van der Waals surface area contributed by atoms with Gasteiger partial charge in [0, 0.05) is 19.5 Å². The molecule has 0 spiro atoms. The third-order valence-electron chi connectivity index (χ3n) is 3.02. The van der Waals surface area contributed by atoms with Crippen LogP contribution in [0.2, 0.25) is 0 Å². The number of aromatic nitrogens is 1. The summed E-state index contributed by atoms with van der Waals surface area (Å²) in [5.41, 5.74) is 2.09. The van der Waals surface area contributed by atoms with E-state index in [0.717, 1.165) is 15.6 Å². The van der Waals surface area contributed by atoms with Gasteiger partial charge in [0.25, 0.3) is 0 Å². The minimum absolute atomic E-state index is 0.0948. The maximum Gasteiger partial charge on any atom is 0.171 e. The Bertz CT molecular complexity index is 563. The molecule has 2 rings (SSSR count). The van der Waals surface area contributed by atoms with E-state index in [4.69, 9.17) is 0 Å². The molecule has 19 heavy (non-hydrogen) atoms. The molecule has 0 saturated carbocycles.